The van der Waals surface area contributed by atoms with Crippen LogP contribution in [0.3, 0.4) is 0 Å². The van der Waals surface area contributed by atoms with Gasteiger partial charge in [0.05, 0.1) is 11.7 Å². The summed E-state index contributed by atoms with van der Waals surface area (Å²) in [4.78, 5) is 29.2. The van der Waals surface area contributed by atoms with Crippen LogP contribution >= 0.6 is 11.3 Å². The zero-order valence-corrected chi connectivity index (χ0v) is 13.5. The molecule has 0 saturated carbocycles. The SMILES string of the molecule is C[C@H](CNC(=O)Cn1cnc2sccc2c1=O)c1ccccc1. The third-order valence-electron chi connectivity index (χ3n) is 3.74. The Morgan fingerprint density at radius 3 is 2.87 bits per heavy atom. The number of carbonyl (C=O) groups excluding carboxylic acids is 1. The molecule has 0 aliphatic rings. The van der Waals surface area contributed by atoms with Crippen molar-refractivity contribution in [1.82, 2.24) is 14.9 Å². The third kappa shape index (κ3) is 3.48. The predicted molar refractivity (Wildman–Crippen MR) is 91.7 cm³/mol. The molecule has 1 amide bonds. The van der Waals surface area contributed by atoms with Gasteiger partial charge >= 0.3 is 0 Å². The highest BCUT2D eigenvalue weighted by atomic mass is 32.1. The molecule has 0 fully saturated rings. The molecule has 1 aromatic carbocycles. The molecule has 3 rings (SSSR count). The van der Waals surface area contributed by atoms with Gasteiger partial charge < -0.3 is 5.32 Å². The molecule has 6 heteroatoms. The molecule has 5 nitrogen and oxygen atoms in total. The maximum Gasteiger partial charge on any atom is 0.262 e. The summed E-state index contributed by atoms with van der Waals surface area (Å²) in [5.74, 6) is 0.0283. The molecule has 3 aromatic rings. The first-order valence-electron chi connectivity index (χ1n) is 7.39. The van der Waals surface area contributed by atoms with Crippen molar-refractivity contribution in [2.24, 2.45) is 0 Å². The molecule has 0 aliphatic carbocycles. The first-order chi connectivity index (χ1) is 11.1. The zero-order valence-electron chi connectivity index (χ0n) is 12.7. The molecule has 23 heavy (non-hydrogen) atoms. The highest BCUT2D eigenvalue weighted by molar-refractivity contribution is 7.16. The summed E-state index contributed by atoms with van der Waals surface area (Å²) in [5, 5.41) is 5.26. The maximum absolute atomic E-state index is 12.2. The molecule has 0 saturated heterocycles. The standard InChI is InChI=1S/C17H17N3O2S/c1-12(13-5-3-2-4-6-13)9-18-15(21)10-20-11-19-16-14(17(20)22)7-8-23-16/h2-8,11-12H,9-10H2,1H3,(H,18,21)/t12-/m1/s1. The fourth-order valence-corrected chi connectivity index (χ4v) is 3.11. The second-order valence-corrected chi connectivity index (χ2v) is 6.33. The molecule has 2 heterocycles. The Kier molecular flexibility index (Phi) is 4.52. The quantitative estimate of drug-likeness (QED) is 0.782. The molecular formula is C17H17N3O2S. The molecule has 2 aromatic heterocycles. The van der Waals surface area contributed by atoms with Gasteiger partial charge in [-0.25, -0.2) is 4.98 Å². The number of amides is 1. The second-order valence-electron chi connectivity index (χ2n) is 5.43. The molecule has 0 bridgehead atoms. The molecule has 1 atom stereocenters. The number of hydrogen-bond acceptors (Lipinski definition) is 4. The monoisotopic (exact) mass is 327 g/mol. The molecular weight excluding hydrogens is 310 g/mol. The second kappa shape index (κ2) is 6.75. The van der Waals surface area contributed by atoms with E-state index in [0.717, 1.165) is 0 Å². The Balaban J connectivity index is 1.62. The normalized spacial score (nSPS) is 12.2. The van der Waals surface area contributed by atoms with Crippen molar-refractivity contribution in [3.63, 3.8) is 0 Å². The number of nitrogens with one attached hydrogen (secondary N) is 1. The van der Waals surface area contributed by atoms with Crippen LogP contribution in [-0.4, -0.2) is 22.0 Å². The Morgan fingerprint density at radius 2 is 2.09 bits per heavy atom. The van der Waals surface area contributed by atoms with Crippen molar-refractivity contribution in [2.75, 3.05) is 6.54 Å². The van der Waals surface area contributed by atoms with E-state index >= 15 is 0 Å². The minimum Gasteiger partial charge on any atom is -0.354 e. The highest BCUT2D eigenvalue weighted by Gasteiger charge is 2.10. The summed E-state index contributed by atoms with van der Waals surface area (Å²) in [6, 6.07) is 11.7. The Bertz CT molecular complexity index is 870. The molecule has 118 valence electrons. The molecule has 1 N–H and O–H groups in total. The number of aromatic nitrogens is 2. The largest absolute Gasteiger partial charge is 0.354 e. The molecule has 0 aliphatic heterocycles. The average Bonchev–Trinajstić information content (AvgIpc) is 3.05. The van der Waals surface area contributed by atoms with Gasteiger partial charge in [-0.2, -0.15) is 0 Å². The van der Waals surface area contributed by atoms with Crippen LogP contribution in [0.5, 0.6) is 0 Å². The lowest BCUT2D eigenvalue weighted by atomic mass is 10.0. The van der Waals surface area contributed by atoms with E-state index in [4.69, 9.17) is 0 Å². The minimum absolute atomic E-state index is 0.0148. The Hall–Kier alpha value is -2.47. The van der Waals surface area contributed by atoms with E-state index < -0.39 is 0 Å². The van der Waals surface area contributed by atoms with E-state index in [0.29, 0.717) is 16.8 Å². The van der Waals surface area contributed by atoms with Crippen molar-refractivity contribution in [2.45, 2.75) is 19.4 Å². The number of hydrogen-bond donors (Lipinski definition) is 1. The van der Waals surface area contributed by atoms with Crippen molar-refractivity contribution in [3.8, 4) is 0 Å². The minimum atomic E-state index is -0.189. The van der Waals surface area contributed by atoms with Crippen LogP contribution in [0.25, 0.3) is 10.2 Å². The maximum atomic E-state index is 12.2. The molecule has 0 spiro atoms. The lowest BCUT2D eigenvalue weighted by molar-refractivity contribution is -0.121. The summed E-state index contributed by atoms with van der Waals surface area (Å²) in [5.41, 5.74) is 0.994. The fourth-order valence-electron chi connectivity index (χ4n) is 2.38. The van der Waals surface area contributed by atoms with E-state index in [9.17, 15) is 9.59 Å². The van der Waals surface area contributed by atoms with Crippen molar-refractivity contribution in [3.05, 3.63) is 64.0 Å². The number of carbonyl (C=O) groups is 1. The lowest BCUT2D eigenvalue weighted by Crippen LogP contribution is -2.34. The van der Waals surface area contributed by atoms with E-state index in [-0.39, 0.29) is 23.9 Å². The van der Waals surface area contributed by atoms with E-state index in [2.05, 4.69) is 17.2 Å². The van der Waals surface area contributed by atoms with Gasteiger partial charge in [-0.3, -0.25) is 14.2 Å². The fraction of sp³-hybridized carbons (Fsp3) is 0.235. The number of thiophene rings is 1. The third-order valence-corrected chi connectivity index (χ3v) is 4.56. The molecule has 0 unspecified atom stereocenters. The zero-order chi connectivity index (χ0) is 16.2. The van der Waals surface area contributed by atoms with E-state index in [1.807, 2.05) is 35.7 Å². The smallest absolute Gasteiger partial charge is 0.262 e. The van der Waals surface area contributed by atoms with E-state index in [1.165, 1.54) is 27.8 Å². The number of rotatable bonds is 5. The van der Waals surface area contributed by atoms with Crippen LogP contribution in [0.15, 0.2) is 52.9 Å². The van der Waals surface area contributed by atoms with Crippen LogP contribution in [0.2, 0.25) is 0 Å². The van der Waals surface area contributed by atoms with Crippen LogP contribution < -0.4 is 10.9 Å². The van der Waals surface area contributed by atoms with Gasteiger partial charge in [0.2, 0.25) is 5.91 Å². The van der Waals surface area contributed by atoms with Gasteiger partial charge in [-0.15, -0.1) is 11.3 Å². The average molecular weight is 327 g/mol. The lowest BCUT2D eigenvalue weighted by Gasteiger charge is -2.13. The van der Waals surface area contributed by atoms with Crippen molar-refractivity contribution >= 4 is 27.5 Å². The van der Waals surface area contributed by atoms with Crippen LogP contribution in [0, 0.1) is 0 Å². The topological polar surface area (TPSA) is 64.0 Å². The first kappa shape index (κ1) is 15.4. The van der Waals surface area contributed by atoms with Gasteiger partial charge in [-0.05, 0) is 22.9 Å². The first-order valence-corrected chi connectivity index (χ1v) is 8.27. The van der Waals surface area contributed by atoms with Gasteiger partial charge in [-0.1, -0.05) is 37.3 Å². The Morgan fingerprint density at radius 1 is 1.30 bits per heavy atom. The number of nitrogens with zero attached hydrogens (tertiary/aromatic N) is 2. The number of fused-ring (bicyclic) bond motifs is 1. The summed E-state index contributed by atoms with van der Waals surface area (Å²) < 4.78 is 1.34. The number of benzene rings is 1. The summed E-state index contributed by atoms with van der Waals surface area (Å²) in [6.07, 6.45) is 1.43. The van der Waals surface area contributed by atoms with Crippen LogP contribution in [0.1, 0.15) is 18.4 Å². The van der Waals surface area contributed by atoms with Gasteiger partial charge in [0, 0.05) is 6.54 Å². The van der Waals surface area contributed by atoms with Crippen LogP contribution in [-0.2, 0) is 11.3 Å². The van der Waals surface area contributed by atoms with Gasteiger partial charge in [0.15, 0.2) is 0 Å². The molecule has 0 radical (unpaired) electrons. The Labute approximate surface area is 137 Å². The predicted octanol–water partition coefficient (Wildman–Crippen LogP) is 2.38. The highest BCUT2D eigenvalue weighted by Crippen LogP contribution is 2.14. The summed E-state index contributed by atoms with van der Waals surface area (Å²) in [7, 11) is 0. The van der Waals surface area contributed by atoms with Crippen LogP contribution in [0.4, 0.5) is 0 Å². The van der Waals surface area contributed by atoms with Crippen molar-refractivity contribution in [1.29, 1.82) is 0 Å². The van der Waals surface area contributed by atoms with Gasteiger partial charge in [0.1, 0.15) is 11.4 Å². The van der Waals surface area contributed by atoms with E-state index in [1.54, 1.807) is 6.07 Å². The summed E-state index contributed by atoms with van der Waals surface area (Å²) >= 11 is 1.42. The van der Waals surface area contributed by atoms with Crippen molar-refractivity contribution < 1.29 is 4.79 Å². The van der Waals surface area contributed by atoms with Gasteiger partial charge in [0.25, 0.3) is 5.56 Å². The summed E-state index contributed by atoms with van der Waals surface area (Å²) in [6.45, 7) is 2.58.